The standard InChI is InChI=1S/C25H25N3O/c29-24-25(21-7-2-1-3-8-21,16-20-6-4-5-9-23(20)27-24)22-12-15-28(18-22)17-19-10-13-26-14-11-19/h1-11,13-14,22H,12,15-18H2,(H,27,29)/t22-,25?/m1/s1. The molecule has 146 valence electrons. The van der Waals surface area contributed by atoms with Crippen molar-refractivity contribution in [1.82, 2.24) is 9.88 Å². The smallest absolute Gasteiger partial charge is 0.235 e. The summed E-state index contributed by atoms with van der Waals surface area (Å²) in [6.07, 6.45) is 5.47. The fourth-order valence-electron chi connectivity index (χ4n) is 5.07. The lowest BCUT2D eigenvalue weighted by Crippen LogP contribution is -2.51. The number of para-hydroxylation sites is 1. The Kier molecular flexibility index (Phi) is 4.64. The number of nitrogens with one attached hydrogen (secondary N) is 1. The summed E-state index contributed by atoms with van der Waals surface area (Å²) < 4.78 is 0. The number of hydrogen-bond donors (Lipinski definition) is 1. The molecule has 3 aromatic rings. The predicted molar refractivity (Wildman–Crippen MR) is 115 cm³/mol. The maximum atomic E-state index is 13.6. The number of aromatic nitrogens is 1. The minimum absolute atomic E-state index is 0.137. The number of carbonyl (C=O) groups excluding carboxylic acids is 1. The molecule has 4 nitrogen and oxygen atoms in total. The topological polar surface area (TPSA) is 45.2 Å². The van der Waals surface area contributed by atoms with Gasteiger partial charge in [-0.25, -0.2) is 0 Å². The molecule has 0 aliphatic carbocycles. The largest absolute Gasteiger partial charge is 0.325 e. The maximum absolute atomic E-state index is 13.6. The van der Waals surface area contributed by atoms with Gasteiger partial charge in [0.25, 0.3) is 0 Å². The van der Waals surface area contributed by atoms with Gasteiger partial charge in [0.2, 0.25) is 5.91 Å². The molecule has 4 heteroatoms. The fraction of sp³-hybridized carbons (Fsp3) is 0.280. The lowest BCUT2D eigenvalue weighted by molar-refractivity contribution is -0.124. The molecule has 5 rings (SSSR count). The molecule has 29 heavy (non-hydrogen) atoms. The molecule has 1 saturated heterocycles. The Bertz CT molecular complexity index is 1000. The molecule has 2 aliphatic rings. The van der Waals surface area contributed by atoms with Gasteiger partial charge in [-0.15, -0.1) is 0 Å². The van der Waals surface area contributed by atoms with Gasteiger partial charge in [0, 0.05) is 31.2 Å². The van der Waals surface area contributed by atoms with Crippen LogP contribution in [0.15, 0.2) is 79.1 Å². The molecule has 0 bridgehead atoms. The zero-order valence-electron chi connectivity index (χ0n) is 16.4. The molecular formula is C25H25N3O. The number of fused-ring (bicyclic) bond motifs is 1. The predicted octanol–water partition coefficient (Wildman–Crippen LogP) is 4.04. The van der Waals surface area contributed by atoms with Crippen LogP contribution in [0.4, 0.5) is 5.69 Å². The number of rotatable bonds is 4. The van der Waals surface area contributed by atoms with Crippen molar-refractivity contribution in [3.8, 4) is 0 Å². The number of pyridine rings is 1. The zero-order valence-corrected chi connectivity index (χ0v) is 16.4. The first-order valence-electron chi connectivity index (χ1n) is 10.3. The number of carbonyl (C=O) groups is 1. The van der Waals surface area contributed by atoms with Crippen molar-refractivity contribution in [2.75, 3.05) is 18.4 Å². The SMILES string of the molecule is O=C1Nc2ccccc2CC1(c1ccccc1)[C@@H]1CCN(Cc2ccncc2)C1. The van der Waals surface area contributed by atoms with Gasteiger partial charge in [0.05, 0.1) is 5.41 Å². The maximum Gasteiger partial charge on any atom is 0.235 e. The second-order valence-electron chi connectivity index (χ2n) is 8.20. The average Bonchev–Trinajstić information content (AvgIpc) is 3.23. The Morgan fingerprint density at radius 1 is 1.00 bits per heavy atom. The molecule has 2 aliphatic heterocycles. The van der Waals surface area contributed by atoms with Gasteiger partial charge in [-0.2, -0.15) is 0 Å². The summed E-state index contributed by atoms with van der Waals surface area (Å²) in [7, 11) is 0. The van der Waals surface area contributed by atoms with Crippen LogP contribution >= 0.6 is 0 Å². The fourth-order valence-corrected chi connectivity index (χ4v) is 5.07. The van der Waals surface area contributed by atoms with Gasteiger partial charge in [-0.3, -0.25) is 14.7 Å². The van der Waals surface area contributed by atoms with Crippen LogP contribution in [0.1, 0.15) is 23.1 Å². The normalized spacial score (nSPS) is 24.1. The monoisotopic (exact) mass is 383 g/mol. The van der Waals surface area contributed by atoms with Gasteiger partial charge in [-0.05, 0) is 60.2 Å². The van der Waals surface area contributed by atoms with Crippen molar-refractivity contribution in [1.29, 1.82) is 0 Å². The van der Waals surface area contributed by atoms with Crippen LogP contribution in [0, 0.1) is 5.92 Å². The highest BCUT2D eigenvalue weighted by molar-refractivity contribution is 6.02. The van der Waals surface area contributed by atoms with Crippen LogP contribution in [0.2, 0.25) is 0 Å². The number of benzene rings is 2. The molecule has 1 amide bonds. The van der Waals surface area contributed by atoms with Crippen molar-refractivity contribution in [3.63, 3.8) is 0 Å². The Morgan fingerprint density at radius 2 is 1.76 bits per heavy atom. The number of nitrogens with zero attached hydrogens (tertiary/aromatic N) is 2. The van der Waals surface area contributed by atoms with E-state index in [0.717, 1.165) is 43.7 Å². The molecule has 2 aromatic carbocycles. The van der Waals surface area contributed by atoms with Crippen LogP contribution in [0.25, 0.3) is 0 Å². The lowest BCUT2D eigenvalue weighted by Gasteiger charge is -2.42. The Morgan fingerprint density at radius 3 is 2.59 bits per heavy atom. The highest BCUT2D eigenvalue weighted by Gasteiger charge is 2.51. The summed E-state index contributed by atoms with van der Waals surface area (Å²) in [4.78, 5) is 20.2. The van der Waals surface area contributed by atoms with E-state index in [2.05, 4.69) is 63.7 Å². The van der Waals surface area contributed by atoms with Crippen LogP contribution < -0.4 is 5.32 Å². The van der Waals surface area contributed by atoms with E-state index in [-0.39, 0.29) is 11.8 Å². The molecule has 0 radical (unpaired) electrons. The minimum Gasteiger partial charge on any atom is -0.325 e. The van der Waals surface area contributed by atoms with E-state index >= 15 is 0 Å². The van der Waals surface area contributed by atoms with E-state index in [1.54, 1.807) is 0 Å². The highest BCUT2D eigenvalue weighted by Crippen LogP contribution is 2.45. The van der Waals surface area contributed by atoms with Gasteiger partial charge in [0.1, 0.15) is 0 Å². The molecule has 1 aromatic heterocycles. The van der Waals surface area contributed by atoms with Crippen molar-refractivity contribution in [3.05, 3.63) is 95.8 Å². The first-order valence-corrected chi connectivity index (χ1v) is 10.3. The second kappa shape index (κ2) is 7.45. The van der Waals surface area contributed by atoms with E-state index < -0.39 is 5.41 Å². The third-order valence-electron chi connectivity index (χ3n) is 6.55. The van der Waals surface area contributed by atoms with Crippen LogP contribution in [0.3, 0.4) is 0 Å². The minimum atomic E-state index is -0.525. The van der Waals surface area contributed by atoms with Gasteiger partial charge < -0.3 is 5.32 Å². The Labute approximate surface area is 171 Å². The van der Waals surface area contributed by atoms with Gasteiger partial charge >= 0.3 is 0 Å². The summed E-state index contributed by atoms with van der Waals surface area (Å²) in [6.45, 7) is 2.84. The van der Waals surface area contributed by atoms with Crippen molar-refractivity contribution in [2.45, 2.75) is 24.8 Å². The number of hydrogen-bond acceptors (Lipinski definition) is 3. The lowest BCUT2D eigenvalue weighted by atomic mass is 9.64. The third kappa shape index (κ3) is 3.23. The third-order valence-corrected chi connectivity index (χ3v) is 6.55. The molecule has 1 unspecified atom stereocenters. The van der Waals surface area contributed by atoms with E-state index in [0.29, 0.717) is 0 Å². The number of likely N-dealkylation sites (tertiary alicyclic amines) is 1. The summed E-state index contributed by atoms with van der Waals surface area (Å²) in [6, 6.07) is 22.7. The van der Waals surface area contributed by atoms with E-state index in [1.165, 1.54) is 11.1 Å². The van der Waals surface area contributed by atoms with Gasteiger partial charge in [-0.1, -0.05) is 48.5 Å². The first-order chi connectivity index (χ1) is 14.3. The van der Waals surface area contributed by atoms with Crippen LogP contribution in [-0.4, -0.2) is 28.9 Å². The van der Waals surface area contributed by atoms with Crippen molar-refractivity contribution < 1.29 is 4.79 Å². The Hall–Kier alpha value is -2.98. The number of amides is 1. The first kappa shape index (κ1) is 18.1. The molecule has 1 fully saturated rings. The highest BCUT2D eigenvalue weighted by atomic mass is 16.2. The van der Waals surface area contributed by atoms with Gasteiger partial charge in [0.15, 0.2) is 0 Å². The van der Waals surface area contributed by atoms with Crippen molar-refractivity contribution >= 4 is 11.6 Å². The van der Waals surface area contributed by atoms with E-state index in [9.17, 15) is 4.79 Å². The molecule has 0 saturated carbocycles. The molecule has 0 spiro atoms. The second-order valence-corrected chi connectivity index (χ2v) is 8.20. The summed E-state index contributed by atoms with van der Waals surface area (Å²) in [5.74, 6) is 0.415. The average molecular weight is 383 g/mol. The van der Waals surface area contributed by atoms with Crippen LogP contribution in [0.5, 0.6) is 0 Å². The zero-order chi connectivity index (χ0) is 19.7. The summed E-state index contributed by atoms with van der Waals surface area (Å²) in [5, 5.41) is 3.22. The van der Waals surface area contributed by atoms with E-state index in [1.807, 2.05) is 30.6 Å². The molecule has 2 atom stereocenters. The quantitative estimate of drug-likeness (QED) is 0.740. The number of anilines is 1. The van der Waals surface area contributed by atoms with Crippen LogP contribution in [-0.2, 0) is 23.2 Å². The molecule has 1 N–H and O–H groups in total. The Balaban J connectivity index is 1.49. The molecule has 3 heterocycles. The van der Waals surface area contributed by atoms with Crippen molar-refractivity contribution in [2.24, 2.45) is 5.92 Å². The molecular weight excluding hydrogens is 358 g/mol. The summed E-state index contributed by atoms with van der Waals surface area (Å²) in [5.41, 5.74) is 4.05. The summed E-state index contributed by atoms with van der Waals surface area (Å²) >= 11 is 0. The van der Waals surface area contributed by atoms with E-state index in [4.69, 9.17) is 0 Å².